The number of amides is 2. The molecule has 38 heavy (non-hydrogen) atoms. The van der Waals surface area contributed by atoms with Gasteiger partial charge in [-0.3, -0.25) is 14.6 Å². The Labute approximate surface area is 223 Å². The van der Waals surface area contributed by atoms with Gasteiger partial charge >= 0.3 is 0 Å². The fraction of sp³-hybridized carbons (Fsp3) is 0.333. The van der Waals surface area contributed by atoms with Crippen LogP contribution in [0.25, 0.3) is 0 Å². The summed E-state index contributed by atoms with van der Waals surface area (Å²) in [5.74, 6) is 0.971. The molecular weight excluding hydrogens is 478 g/mol. The van der Waals surface area contributed by atoms with Crippen LogP contribution in [0.1, 0.15) is 60.8 Å². The topological polar surface area (TPSA) is 107 Å². The molecule has 0 spiro atoms. The average molecular weight is 512 g/mol. The highest BCUT2D eigenvalue weighted by atomic mass is 16.5. The van der Waals surface area contributed by atoms with E-state index in [2.05, 4.69) is 52.9 Å². The van der Waals surface area contributed by atoms with E-state index in [9.17, 15) is 14.9 Å². The number of amidine groups is 1. The maximum absolute atomic E-state index is 13.1. The van der Waals surface area contributed by atoms with E-state index >= 15 is 0 Å². The summed E-state index contributed by atoms with van der Waals surface area (Å²) >= 11 is 0. The highest BCUT2D eigenvalue weighted by molar-refractivity contribution is 6.01. The number of ether oxygens (including phenoxy) is 1. The van der Waals surface area contributed by atoms with Gasteiger partial charge in [0.2, 0.25) is 5.91 Å². The molecule has 2 atom stereocenters. The van der Waals surface area contributed by atoms with E-state index in [1.54, 1.807) is 12.1 Å². The summed E-state index contributed by atoms with van der Waals surface area (Å²) in [6.07, 6.45) is 6.61. The summed E-state index contributed by atoms with van der Waals surface area (Å²) in [7, 11) is 0. The summed E-state index contributed by atoms with van der Waals surface area (Å²) in [6.45, 7) is 8.36. The lowest BCUT2D eigenvalue weighted by Crippen LogP contribution is -2.44. The molecule has 0 aromatic heterocycles. The Morgan fingerprint density at radius 2 is 1.97 bits per heavy atom. The van der Waals surface area contributed by atoms with Crippen LogP contribution >= 0.6 is 0 Å². The molecule has 2 amide bonds. The van der Waals surface area contributed by atoms with Crippen LogP contribution in [0.3, 0.4) is 0 Å². The number of aliphatic imine (C=N–C) groups is 1. The van der Waals surface area contributed by atoms with Crippen molar-refractivity contribution in [2.24, 2.45) is 4.99 Å². The minimum atomic E-state index is -0.340. The Morgan fingerprint density at radius 1 is 1.21 bits per heavy atom. The van der Waals surface area contributed by atoms with Gasteiger partial charge in [-0.2, -0.15) is 5.26 Å². The number of fused-ring (bicyclic) bond motifs is 1. The van der Waals surface area contributed by atoms with E-state index in [1.165, 1.54) is 13.0 Å². The van der Waals surface area contributed by atoms with Crippen molar-refractivity contribution < 1.29 is 14.3 Å². The largest absolute Gasteiger partial charge is 0.490 e. The highest BCUT2D eigenvalue weighted by Crippen LogP contribution is 2.29. The molecule has 196 valence electrons. The molecule has 8 nitrogen and oxygen atoms in total. The number of nitrogens with one attached hydrogen (secondary N) is 2. The molecule has 0 saturated carbocycles. The first kappa shape index (κ1) is 26.7. The first-order chi connectivity index (χ1) is 18.2. The van der Waals surface area contributed by atoms with Crippen molar-refractivity contribution in [2.45, 2.75) is 52.3 Å². The first-order valence-corrected chi connectivity index (χ1v) is 12.8. The quantitative estimate of drug-likeness (QED) is 0.528. The molecule has 0 bridgehead atoms. The maximum Gasteiger partial charge on any atom is 0.251 e. The predicted molar refractivity (Wildman–Crippen MR) is 147 cm³/mol. The van der Waals surface area contributed by atoms with E-state index in [4.69, 9.17) is 9.73 Å². The molecule has 4 rings (SSSR count). The van der Waals surface area contributed by atoms with Gasteiger partial charge in [-0.25, -0.2) is 0 Å². The normalized spacial score (nSPS) is 16.7. The Morgan fingerprint density at radius 3 is 2.63 bits per heavy atom. The second-order valence-corrected chi connectivity index (χ2v) is 9.85. The van der Waals surface area contributed by atoms with Gasteiger partial charge in [0.1, 0.15) is 17.7 Å². The number of hydrogen-bond acceptors (Lipinski definition) is 6. The number of carbonyl (C=O) groups is 2. The van der Waals surface area contributed by atoms with Crippen molar-refractivity contribution in [1.29, 1.82) is 5.26 Å². The highest BCUT2D eigenvalue weighted by Gasteiger charge is 2.27. The van der Waals surface area contributed by atoms with Gasteiger partial charge in [0, 0.05) is 25.2 Å². The zero-order valence-electron chi connectivity index (χ0n) is 22.2. The van der Waals surface area contributed by atoms with Gasteiger partial charge in [-0.05, 0) is 68.2 Å². The van der Waals surface area contributed by atoms with Crippen LogP contribution in [0.5, 0.6) is 5.75 Å². The van der Waals surface area contributed by atoms with Gasteiger partial charge in [0.05, 0.1) is 30.3 Å². The second-order valence-electron chi connectivity index (χ2n) is 9.85. The summed E-state index contributed by atoms with van der Waals surface area (Å²) in [5.41, 5.74) is 3.98. The Hall–Kier alpha value is -4.38. The van der Waals surface area contributed by atoms with Gasteiger partial charge in [0.15, 0.2) is 0 Å². The third-order valence-electron chi connectivity index (χ3n) is 6.39. The first-order valence-electron chi connectivity index (χ1n) is 12.8. The molecule has 0 aliphatic carbocycles. The monoisotopic (exact) mass is 511 g/mol. The number of allylic oxidation sites excluding steroid dienone is 2. The van der Waals surface area contributed by atoms with E-state index < -0.39 is 0 Å². The zero-order chi connectivity index (χ0) is 27.2. The fourth-order valence-electron chi connectivity index (χ4n) is 4.53. The third kappa shape index (κ3) is 6.48. The van der Waals surface area contributed by atoms with Crippen molar-refractivity contribution in [2.75, 3.05) is 13.1 Å². The fourth-order valence-corrected chi connectivity index (χ4v) is 4.53. The van der Waals surface area contributed by atoms with E-state index in [-0.39, 0.29) is 36.5 Å². The Balaban J connectivity index is 1.45. The number of carbonyl (C=O) groups excluding carboxylic acids is 2. The van der Waals surface area contributed by atoms with Crippen LogP contribution in [0, 0.1) is 11.3 Å². The van der Waals surface area contributed by atoms with Crippen molar-refractivity contribution >= 4 is 17.6 Å². The summed E-state index contributed by atoms with van der Waals surface area (Å²) in [4.78, 5) is 31.7. The molecule has 2 heterocycles. The molecule has 2 aliphatic rings. The molecule has 2 N–H and O–H groups in total. The number of hydrogen-bond donors (Lipinski definition) is 2. The number of nitrogens with zero attached hydrogens (tertiary/aromatic N) is 3. The lowest BCUT2D eigenvalue weighted by atomic mass is 10.0. The number of nitriles is 1. The SMILES string of the molecule is CC(=O)NC[C@H](Cc1ccc(C2CN3C=CC=C(C)C3=N2)cc1)NC(=O)c1ccc(OC(C)C)c(C#N)c1. The van der Waals surface area contributed by atoms with Gasteiger partial charge in [-0.1, -0.05) is 30.3 Å². The van der Waals surface area contributed by atoms with Crippen molar-refractivity contribution in [3.05, 3.63) is 88.6 Å². The van der Waals surface area contributed by atoms with Crippen LogP contribution in [0.15, 0.2) is 71.4 Å². The van der Waals surface area contributed by atoms with E-state index in [1.807, 2.05) is 32.1 Å². The van der Waals surface area contributed by atoms with Crippen LogP contribution in [0.2, 0.25) is 0 Å². The Kier molecular flexibility index (Phi) is 8.27. The predicted octanol–water partition coefficient (Wildman–Crippen LogP) is 4.05. The summed E-state index contributed by atoms with van der Waals surface area (Å²) < 4.78 is 5.66. The minimum absolute atomic E-state index is 0.0667. The molecular formula is C30H33N5O3. The molecule has 1 unspecified atom stereocenters. The van der Waals surface area contributed by atoms with E-state index in [0.717, 1.165) is 29.1 Å². The zero-order valence-corrected chi connectivity index (χ0v) is 22.2. The molecule has 2 aromatic rings. The number of rotatable bonds is 9. The molecule has 0 fully saturated rings. The lowest BCUT2D eigenvalue weighted by molar-refractivity contribution is -0.119. The summed E-state index contributed by atoms with van der Waals surface area (Å²) in [5, 5.41) is 15.3. The van der Waals surface area contributed by atoms with Gasteiger partial charge < -0.3 is 20.3 Å². The van der Waals surface area contributed by atoms with Crippen LogP contribution in [-0.2, 0) is 11.2 Å². The van der Waals surface area contributed by atoms with Crippen molar-refractivity contribution in [3.63, 3.8) is 0 Å². The standard InChI is InChI=1S/C30H33N5O3/c1-19(2)38-28-12-11-24(15-25(28)16-31)30(37)33-26(17-32-21(4)36)14-22-7-9-23(10-8-22)27-18-35-13-5-6-20(3)29(35)34-27/h5-13,15,19,26-27H,14,17-18H2,1-4H3,(H,32,36)(H,33,37)/t26-,27?/m0/s1. The van der Waals surface area contributed by atoms with Crippen LogP contribution in [-0.4, -0.2) is 47.8 Å². The average Bonchev–Trinajstić information content (AvgIpc) is 3.33. The van der Waals surface area contributed by atoms with Crippen molar-refractivity contribution in [1.82, 2.24) is 15.5 Å². The van der Waals surface area contributed by atoms with E-state index in [0.29, 0.717) is 23.3 Å². The van der Waals surface area contributed by atoms with Crippen LogP contribution in [0.4, 0.5) is 0 Å². The van der Waals surface area contributed by atoms with Gasteiger partial charge in [0.25, 0.3) is 5.91 Å². The van der Waals surface area contributed by atoms with Crippen molar-refractivity contribution in [3.8, 4) is 11.8 Å². The smallest absolute Gasteiger partial charge is 0.251 e. The minimum Gasteiger partial charge on any atom is -0.490 e. The third-order valence-corrected chi connectivity index (χ3v) is 6.39. The van der Waals surface area contributed by atoms with Gasteiger partial charge in [-0.15, -0.1) is 0 Å². The summed E-state index contributed by atoms with van der Waals surface area (Å²) in [6, 6.07) is 14.9. The number of benzene rings is 2. The second kappa shape index (κ2) is 11.8. The lowest BCUT2D eigenvalue weighted by Gasteiger charge is -2.20. The Bertz CT molecular complexity index is 1330. The molecule has 0 saturated heterocycles. The molecule has 2 aliphatic heterocycles. The maximum atomic E-state index is 13.1. The molecule has 2 aromatic carbocycles. The molecule has 8 heteroatoms. The molecule has 0 radical (unpaired) electrons. The van der Waals surface area contributed by atoms with Crippen LogP contribution < -0.4 is 15.4 Å².